The Morgan fingerprint density at radius 1 is 1.00 bits per heavy atom. The second-order valence-electron chi connectivity index (χ2n) is 6.14. The largest absolute Gasteiger partial charge is 0.493 e. The van der Waals surface area contributed by atoms with Crippen LogP contribution in [0, 0.1) is 6.92 Å². The zero-order valence-electron chi connectivity index (χ0n) is 15.7. The second kappa shape index (κ2) is 9.66. The molecule has 2 rings (SSSR count). The van der Waals surface area contributed by atoms with Crippen molar-refractivity contribution in [2.75, 3.05) is 18.9 Å². The first-order valence-corrected chi connectivity index (χ1v) is 9.04. The number of anilines is 1. The second-order valence-corrected chi connectivity index (χ2v) is 6.14. The topological polar surface area (TPSA) is 61.5 Å². The summed E-state index contributed by atoms with van der Waals surface area (Å²) < 4.78 is 11.8. The van der Waals surface area contributed by atoms with Gasteiger partial charge in [-0.15, -0.1) is 0 Å². The minimum Gasteiger partial charge on any atom is -0.493 e. The van der Waals surface area contributed by atoms with Gasteiger partial charge in [-0.05, 0) is 67.8 Å². The fourth-order valence-electron chi connectivity index (χ4n) is 2.48. The molecule has 2 N–H and O–H groups in total. The number of rotatable bonds is 9. The van der Waals surface area contributed by atoms with Gasteiger partial charge in [0.05, 0.1) is 18.8 Å². The summed E-state index contributed by atoms with van der Waals surface area (Å²) in [5.74, 6) is 1.40. The van der Waals surface area contributed by atoms with Crippen molar-refractivity contribution in [2.45, 2.75) is 33.6 Å². The number of benzene rings is 2. The van der Waals surface area contributed by atoms with Crippen molar-refractivity contribution in [2.24, 2.45) is 0 Å². The first-order chi connectivity index (χ1) is 12.6. The molecular formula is C22H27NO3. The van der Waals surface area contributed by atoms with Gasteiger partial charge < -0.3 is 15.2 Å². The number of hydrogen-bond acceptors (Lipinski definition) is 4. The zero-order chi connectivity index (χ0) is 18.9. The average Bonchev–Trinajstić information content (AvgIpc) is 2.65. The summed E-state index contributed by atoms with van der Waals surface area (Å²) in [5, 5.41) is 0. The number of ketones is 1. The fourth-order valence-corrected chi connectivity index (χ4v) is 2.48. The van der Waals surface area contributed by atoms with Gasteiger partial charge in [-0.1, -0.05) is 19.9 Å². The van der Waals surface area contributed by atoms with E-state index in [1.165, 1.54) is 0 Å². The molecule has 0 atom stereocenters. The molecule has 0 amide bonds. The summed E-state index contributed by atoms with van der Waals surface area (Å²) in [4.78, 5) is 12.5. The number of aryl methyl sites for hydroxylation is 1. The summed E-state index contributed by atoms with van der Waals surface area (Å²) >= 11 is 0. The molecule has 0 aliphatic rings. The molecule has 4 nitrogen and oxygen atoms in total. The van der Waals surface area contributed by atoms with E-state index in [0.717, 1.165) is 35.5 Å². The molecule has 0 saturated heterocycles. The number of hydrogen-bond donors (Lipinski definition) is 1. The predicted octanol–water partition coefficient (Wildman–Crippen LogP) is 5.05. The lowest BCUT2D eigenvalue weighted by molar-refractivity contribution is 0.104. The number of carbonyl (C=O) groups excluding carboxylic acids is 1. The average molecular weight is 353 g/mol. The molecule has 0 saturated carbocycles. The van der Waals surface area contributed by atoms with Gasteiger partial charge in [-0.2, -0.15) is 0 Å². The van der Waals surface area contributed by atoms with E-state index in [-0.39, 0.29) is 5.78 Å². The van der Waals surface area contributed by atoms with Crippen molar-refractivity contribution in [3.8, 4) is 11.5 Å². The lowest BCUT2D eigenvalue weighted by Gasteiger charge is -2.16. The van der Waals surface area contributed by atoms with Crippen LogP contribution in [0.5, 0.6) is 11.5 Å². The van der Waals surface area contributed by atoms with Crippen molar-refractivity contribution in [3.05, 3.63) is 59.2 Å². The zero-order valence-corrected chi connectivity index (χ0v) is 15.7. The summed E-state index contributed by atoms with van der Waals surface area (Å²) in [6, 6.07) is 10.8. The maximum atomic E-state index is 12.5. The Balaban J connectivity index is 2.35. The van der Waals surface area contributed by atoms with Gasteiger partial charge >= 0.3 is 0 Å². The van der Waals surface area contributed by atoms with Gasteiger partial charge in [0.25, 0.3) is 0 Å². The van der Waals surface area contributed by atoms with Crippen molar-refractivity contribution in [1.29, 1.82) is 0 Å². The smallest absolute Gasteiger partial charge is 0.185 e. The third-order valence-corrected chi connectivity index (χ3v) is 3.86. The van der Waals surface area contributed by atoms with Crippen LogP contribution in [-0.2, 0) is 0 Å². The third kappa shape index (κ3) is 5.12. The SMILES string of the molecule is CCCOc1ccc(C)c(OCCC)c1C=CC(=O)c1ccc(N)cc1. The van der Waals surface area contributed by atoms with E-state index in [1.54, 1.807) is 36.4 Å². The minimum atomic E-state index is -0.0885. The molecule has 4 heteroatoms. The van der Waals surface area contributed by atoms with Crippen LogP contribution in [0.4, 0.5) is 5.69 Å². The van der Waals surface area contributed by atoms with Crippen LogP contribution in [0.25, 0.3) is 6.08 Å². The van der Waals surface area contributed by atoms with E-state index in [4.69, 9.17) is 15.2 Å². The van der Waals surface area contributed by atoms with E-state index in [0.29, 0.717) is 24.5 Å². The van der Waals surface area contributed by atoms with Gasteiger partial charge in [0.15, 0.2) is 5.78 Å². The van der Waals surface area contributed by atoms with Gasteiger partial charge in [0.1, 0.15) is 11.5 Å². The van der Waals surface area contributed by atoms with Crippen LogP contribution < -0.4 is 15.2 Å². The lowest BCUT2D eigenvalue weighted by Crippen LogP contribution is -2.03. The van der Waals surface area contributed by atoms with Gasteiger partial charge in [-0.3, -0.25) is 4.79 Å². The highest BCUT2D eigenvalue weighted by Crippen LogP contribution is 2.34. The lowest BCUT2D eigenvalue weighted by atomic mass is 10.1. The molecule has 0 radical (unpaired) electrons. The number of allylic oxidation sites excluding steroid dienone is 1. The van der Waals surface area contributed by atoms with Crippen LogP contribution in [0.2, 0.25) is 0 Å². The Hall–Kier alpha value is -2.75. The van der Waals surface area contributed by atoms with Crippen LogP contribution >= 0.6 is 0 Å². The molecular weight excluding hydrogens is 326 g/mol. The van der Waals surface area contributed by atoms with Crippen molar-refractivity contribution >= 4 is 17.5 Å². The van der Waals surface area contributed by atoms with Crippen LogP contribution in [0.3, 0.4) is 0 Å². The summed E-state index contributed by atoms with van der Waals surface area (Å²) in [5.41, 5.74) is 8.72. The van der Waals surface area contributed by atoms with E-state index in [9.17, 15) is 4.79 Å². The summed E-state index contributed by atoms with van der Waals surface area (Å²) in [7, 11) is 0. The third-order valence-electron chi connectivity index (χ3n) is 3.86. The molecule has 138 valence electrons. The molecule has 2 aromatic rings. The van der Waals surface area contributed by atoms with Crippen molar-refractivity contribution < 1.29 is 14.3 Å². The Labute approximate surface area is 155 Å². The quantitative estimate of drug-likeness (QED) is 0.389. The maximum Gasteiger partial charge on any atom is 0.185 e. The molecule has 0 heterocycles. The highest BCUT2D eigenvalue weighted by Gasteiger charge is 2.12. The molecule has 0 aromatic heterocycles. The van der Waals surface area contributed by atoms with E-state index in [2.05, 4.69) is 13.8 Å². The predicted molar refractivity (Wildman–Crippen MR) is 107 cm³/mol. The Morgan fingerprint density at radius 2 is 1.65 bits per heavy atom. The van der Waals surface area contributed by atoms with Crippen LogP contribution in [-0.4, -0.2) is 19.0 Å². The summed E-state index contributed by atoms with van der Waals surface area (Å²) in [6.45, 7) is 7.34. The Kier molecular flexibility index (Phi) is 7.27. The standard InChI is InChI=1S/C22H27NO3/c1-4-14-25-21-13-6-16(3)22(26-15-5-2)19(21)11-12-20(24)17-7-9-18(23)10-8-17/h6-13H,4-5,14-15,23H2,1-3H3. The first kappa shape index (κ1) is 19.6. The first-order valence-electron chi connectivity index (χ1n) is 9.04. The maximum absolute atomic E-state index is 12.5. The highest BCUT2D eigenvalue weighted by molar-refractivity contribution is 6.07. The van der Waals surface area contributed by atoms with E-state index < -0.39 is 0 Å². The number of ether oxygens (including phenoxy) is 2. The molecule has 0 spiro atoms. The van der Waals surface area contributed by atoms with Crippen LogP contribution in [0.15, 0.2) is 42.5 Å². The molecule has 0 unspecified atom stereocenters. The highest BCUT2D eigenvalue weighted by atomic mass is 16.5. The van der Waals surface area contributed by atoms with Crippen molar-refractivity contribution in [3.63, 3.8) is 0 Å². The number of carbonyl (C=O) groups is 1. The van der Waals surface area contributed by atoms with E-state index in [1.807, 2.05) is 19.1 Å². The number of nitrogen functional groups attached to an aromatic ring is 1. The Morgan fingerprint density at radius 3 is 2.31 bits per heavy atom. The fraction of sp³-hybridized carbons (Fsp3) is 0.318. The molecule has 0 aliphatic carbocycles. The van der Waals surface area contributed by atoms with Crippen LogP contribution in [0.1, 0.15) is 48.2 Å². The molecule has 0 bridgehead atoms. The van der Waals surface area contributed by atoms with E-state index >= 15 is 0 Å². The summed E-state index contributed by atoms with van der Waals surface area (Å²) in [6.07, 6.45) is 5.15. The van der Waals surface area contributed by atoms with Gasteiger partial charge in [-0.25, -0.2) is 0 Å². The molecule has 0 fully saturated rings. The van der Waals surface area contributed by atoms with Gasteiger partial charge in [0.2, 0.25) is 0 Å². The van der Waals surface area contributed by atoms with Gasteiger partial charge in [0, 0.05) is 11.3 Å². The molecule has 26 heavy (non-hydrogen) atoms. The minimum absolute atomic E-state index is 0.0885. The normalized spacial score (nSPS) is 10.9. The Bertz CT molecular complexity index is 764. The molecule has 0 aliphatic heterocycles. The monoisotopic (exact) mass is 353 g/mol. The van der Waals surface area contributed by atoms with Crippen molar-refractivity contribution in [1.82, 2.24) is 0 Å². The molecule has 2 aromatic carbocycles. The number of nitrogens with two attached hydrogens (primary N) is 1.